The molecule has 3 heterocycles. The standard InChI is InChI=1S/C17H17N5O3S/c23-15(10-6-2-1-3-7-10)20-17-19-14-13(26-17)12(16(24)25)21-22(14)11-8-4-5-9-18-11/h4-5,8-10H,1-3,6-7H2,(H,24,25)(H,19,20,23). The van der Waals surface area contributed by atoms with Crippen LogP contribution in [0, 0.1) is 5.92 Å². The van der Waals surface area contributed by atoms with Crippen LogP contribution in [0.15, 0.2) is 24.4 Å². The third-order valence-electron chi connectivity index (χ3n) is 4.50. The molecule has 0 atom stereocenters. The fourth-order valence-corrected chi connectivity index (χ4v) is 4.13. The van der Waals surface area contributed by atoms with Gasteiger partial charge < -0.3 is 10.4 Å². The van der Waals surface area contributed by atoms with Crippen molar-refractivity contribution in [3.05, 3.63) is 30.1 Å². The van der Waals surface area contributed by atoms with E-state index in [9.17, 15) is 14.7 Å². The van der Waals surface area contributed by atoms with Gasteiger partial charge in [0.1, 0.15) is 4.70 Å². The van der Waals surface area contributed by atoms with Gasteiger partial charge in [0.2, 0.25) is 5.91 Å². The number of hydrogen-bond acceptors (Lipinski definition) is 6. The summed E-state index contributed by atoms with van der Waals surface area (Å²) in [5, 5.41) is 16.8. The van der Waals surface area contributed by atoms with Gasteiger partial charge in [0.15, 0.2) is 22.3 Å². The van der Waals surface area contributed by atoms with Crippen LogP contribution < -0.4 is 5.32 Å². The van der Waals surface area contributed by atoms with E-state index in [-0.39, 0.29) is 17.5 Å². The molecule has 2 N–H and O–H groups in total. The predicted octanol–water partition coefficient (Wildman–Crippen LogP) is 3.09. The van der Waals surface area contributed by atoms with E-state index in [2.05, 4.69) is 20.4 Å². The SMILES string of the molecule is O=C(O)c1nn(-c2ccccn2)c2nc(NC(=O)C3CCCCC3)sc12. The minimum Gasteiger partial charge on any atom is -0.476 e. The van der Waals surface area contributed by atoms with E-state index in [4.69, 9.17) is 0 Å². The van der Waals surface area contributed by atoms with E-state index in [1.165, 1.54) is 11.1 Å². The van der Waals surface area contributed by atoms with Crippen LogP contribution in [0.2, 0.25) is 0 Å². The lowest BCUT2D eigenvalue weighted by atomic mass is 9.89. The Hall–Kier alpha value is -2.81. The zero-order valence-corrected chi connectivity index (χ0v) is 14.7. The van der Waals surface area contributed by atoms with Gasteiger partial charge in [-0.25, -0.2) is 9.78 Å². The van der Waals surface area contributed by atoms with Crippen molar-refractivity contribution < 1.29 is 14.7 Å². The van der Waals surface area contributed by atoms with Gasteiger partial charge in [-0.15, -0.1) is 0 Å². The summed E-state index contributed by atoms with van der Waals surface area (Å²) in [7, 11) is 0. The molecular formula is C17H17N5O3S. The van der Waals surface area contributed by atoms with Crippen LogP contribution in [0.4, 0.5) is 5.13 Å². The molecule has 0 spiro atoms. The van der Waals surface area contributed by atoms with Crippen LogP contribution in [0.5, 0.6) is 0 Å². The number of carbonyl (C=O) groups is 2. The summed E-state index contributed by atoms with van der Waals surface area (Å²) in [6, 6.07) is 5.27. The molecule has 0 saturated heterocycles. The number of anilines is 1. The maximum Gasteiger partial charge on any atom is 0.358 e. The number of hydrogen-bond donors (Lipinski definition) is 2. The number of carboxylic acid groups (broad SMARTS) is 1. The van der Waals surface area contributed by atoms with Crippen molar-refractivity contribution in [3.8, 4) is 5.82 Å². The molecular weight excluding hydrogens is 354 g/mol. The monoisotopic (exact) mass is 371 g/mol. The van der Waals surface area contributed by atoms with Crippen molar-refractivity contribution in [1.82, 2.24) is 19.7 Å². The normalized spacial score (nSPS) is 15.2. The van der Waals surface area contributed by atoms with Gasteiger partial charge in [-0.3, -0.25) is 4.79 Å². The lowest BCUT2D eigenvalue weighted by Gasteiger charge is -2.19. The molecule has 3 aromatic rings. The van der Waals surface area contributed by atoms with E-state index < -0.39 is 5.97 Å². The third-order valence-corrected chi connectivity index (χ3v) is 5.47. The Morgan fingerprint density at radius 1 is 1.23 bits per heavy atom. The van der Waals surface area contributed by atoms with E-state index in [0.717, 1.165) is 37.0 Å². The topological polar surface area (TPSA) is 110 Å². The number of thiazole rings is 1. The third kappa shape index (κ3) is 3.05. The molecule has 1 aliphatic carbocycles. The van der Waals surface area contributed by atoms with Gasteiger partial charge in [0.05, 0.1) is 0 Å². The van der Waals surface area contributed by atoms with Gasteiger partial charge in [-0.1, -0.05) is 36.7 Å². The molecule has 3 aromatic heterocycles. The smallest absolute Gasteiger partial charge is 0.358 e. The second-order valence-corrected chi connectivity index (χ2v) is 7.25. The molecule has 0 aromatic carbocycles. The Labute approximate surface area is 152 Å². The molecule has 0 bridgehead atoms. The van der Waals surface area contributed by atoms with Crippen LogP contribution in [0.1, 0.15) is 42.6 Å². The van der Waals surface area contributed by atoms with Crippen molar-refractivity contribution in [2.75, 3.05) is 5.32 Å². The molecule has 0 aliphatic heterocycles. The first-order chi connectivity index (χ1) is 12.6. The molecule has 1 fully saturated rings. The van der Waals surface area contributed by atoms with E-state index in [1.54, 1.807) is 24.4 Å². The summed E-state index contributed by atoms with van der Waals surface area (Å²) in [5.74, 6) is -0.712. The average Bonchev–Trinajstić information content (AvgIpc) is 3.21. The van der Waals surface area contributed by atoms with Gasteiger partial charge >= 0.3 is 5.97 Å². The first kappa shape index (κ1) is 16.6. The summed E-state index contributed by atoms with van der Waals surface area (Å²) in [6.07, 6.45) is 6.68. The zero-order chi connectivity index (χ0) is 18.1. The van der Waals surface area contributed by atoms with Crippen molar-refractivity contribution in [2.45, 2.75) is 32.1 Å². The Bertz CT molecular complexity index is 960. The lowest BCUT2D eigenvalue weighted by molar-refractivity contribution is -0.120. The van der Waals surface area contributed by atoms with Gasteiger partial charge in [0, 0.05) is 12.1 Å². The Morgan fingerprint density at radius 2 is 2.04 bits per heavy atom. The highest BCUT2D eigenvalue weighted by Crippen LogP contribution is 2.32. The zero-order valence-electron chi connectivity index (χ0n) is 13.9. The van der Waals surface area contributed by atoms with Crippen LogP contribution in [0.3, 0.4) is 0 Å². The highest BCUT2D eigenvalue weighted by Gasteiger charge is 2.25. The molecule has 134 valence electrons. The molecule has 0 radical (unpaired) electrons. The number of nitrogens with zero attached hydrogens (tertiary/aromatic N) is 4. The molecule has 1 aliphatic rings. The lowest BCUT2D eigenvalue weighted by Crippen LogP contribution is -2.24. The summed E-state index contributed by atoms with van der Waals surface area (Å²) >= 11 is 1.13. The number of amides is 1. The predicted molar refractivity (Wildman–Crippen MR) is 96.7 cm³/mol. The molecule has 4 rings (SSSR count). The summed E-state index contributed by atoms with van der Waals surface area (Å²) < 4.78 is 1.81. The van der Waals surface area contributed by atoms with Crippen LogP contribution >= 0.6 is 11.3 Å². The Morgan fingerprint density at radius 3 is 2.73 bits per heavy atom. The summed E-state index contributed by atoms with van der Waals surface area (Å²) in [4.78, 5) is 32.6. The van der Waals surface area contributed by atoms with E-state index in [1.807, 2.05) is 0 Å². The second kappa shape index (κ2) is 6.83. The van der Waals surface area contributed by atoms with Gasteiger partial charge in [-0.05, 0) is 25.0 Å². The highest BCUT2D eigenvalue weighted by atomic mass is 32.1. The molecule has 9 heteroatoms. The van der Waals surface area contributed by atoms with Crippen molar-refractivity contribution >= 4 is 38.7 Å². The quantitative estimate of drug-likeness (QED) is 0.729. The number of fused-ring (bicyclic) bond motifs is 1. The number of aromatic carboxylic acids is 1. The number of nitrogens with one attached hydrogen (secondary N) is 1. The largest absolute Gasteiger partial charge is 0.476 e. The maximum absolute atomic E-state index is 12.4. The molecule has 1 amide bonds. The average molecular weight is 371 g/mol. The first-order valence-corrected chi connectivity index (χ1v) is 9.30. The number of pyridine rings is 1. The Balaban J connectivity index is 1.69. The summed E-state index contributed by atoms with van der Waals surface area (Å²) in [6.45, 7) is 0. The molecule has 26 heavy (non-hydrogen) atoms. The van der Waals surface area contributed by atoms with Crippen molar-refractivity contribution in [3.63, 3.8) is 0 Å². The van der Waals surface area contributed by atoms with Crippen molar-refractivity contribution in [1.29, 1.82) is 0 Å². The molecule has 1 saturated carbocycles. The summed E-state index contributed by atoms with van der Waals surface area (Å²) in [5.41, 5.74) is 0.284. The van der Waals surface area contributed by atoms with E-state index >= 15 is 0 Å². The fourth-order valence-electron chi connectivity index (χ4n) is 3.21. The van der Waals surface area contributed by atoms with Crippen molar-refractivity contribution in [2.24, 2.45) is 5.92 Å². The van der Waals surface area contributed by atoms with Crippen LogP contribution in [0.25, 0.3) is 16.2 Å². The van der Waals surface area contributed by atoms with E-state index in [0.29, 0.717) is 21.3 Å². The second-order valence-electron chi connectivity index (χ2n) is 6.25. The van der Waals surface area contributed by atoms with Gasteiger partial charge in [0.25, 0.3) is 0 Å². The maximum atomic E-state index is 12.4. The molecule has 0 unspecified atom stereocenters. The molecule has 8 nitrogen and oxygen atoms in total. The van der Waals surface area contributed by atoms with Gasteiger partial charge in [-0.2, -0.15) is 14.8 Å². The number of carbonyl (C=O) groups excluding carboxylic acids is 1. The van der Waals surface area contributed by atoms with Crippen LogP contribution in [-0.4, -0.2) is 36.7 Å². The van der Waals surface area contributed by atoms with Crippen LogP contribution in [-0.2, 0) is 4.79 Å². The number of aromatic nitrogens is 4. The fraction of sp³-hybridized carbons (Fsp3) is 0.353. The Kier molecular flexibility index (Phi) is 4.37. The number of carboxylic acids is 1. The first-order valence-electron chi connectivity index (χ1n) is 8.48. The minimum atomic E-state index is -1.14. The highest BCUT2D eigenvalue weighted by molar-refractivity contribution is 7.22. The minimum absolute atomic E-state index is 0.00185. The number of rotatable bonds is 4.